The highest BCUT2D eigenvalue weighted by atomic mass is 16.5. The SMILES string of the molecule is C[C@H](OCc1ccccc1)[C@@H]1NC(=O)Nc2nc3ccccn3c2C1=O. The fourth-order valence-electron chi connectivity index (χ4n) is 3.04. The number of urea groups is 1. The minimum Gasteiger partial charge on any atom is -0.371 e. The van der Waals surface area contributed by atoms with Gasteiger partial charge in [-0.3, -0.25) is 14.5 Å². The van der Waals surface area contributed by atoms with Crippen molar-refractivity contribution in [3.63, 3.8) is 0 Å². The number of ketones is 1. The van der Waals surface area contributed by atoms with Crippen LogP contribution in [0, 0.1) is 0 Å². The van der Waals surface area contributed by atoms with Crippen molar-refractivity contribution in [1.29, 1.82) is 0 Å². The van der Waals surface area contributed by atoms with Crippen LogP contribution in [-0.2, 0) is 11.3 Å². The summed E-state index contributed by atoms with van der Waals surface area (Å²) >= 11 is 0. The molecule has 3 aromatic rings. The molecule has 7 heteroatoms. The Bertz CT molecular complexity index is 967. The molecule has 0 bridgehead atoms. The van der Waals surface area contributed by atoms with E-state index in [1.54, 1.807) is 23.6 Å². The molecule has 1 aromatic carbocycles. The van der Waals surface area contributed by atoms with Gasteiger partial charge in [-0.25, -0.2) is 9.78 Å². The van der Waals surface area contributed by atoms with Crippen LogP contribution in [0.4, 0.5) is 10.6 Å². The molecule has 0 fully saturated rings. The number of benzene rings is 1. The third-order valence-electron chi connectivity index (χ3n) is 4.39. The molecule has 132 valence electrons. The Morgan fingerprint density at radius 3 is 2.73 bits per heavy atom. The minimum atomic E-state index is -0.805. The number of nitrogens with one attached hydrogen (secondary N) is 2. The zero-order valence-electron chi connectivity index (χ0n) is 14.2. The molecule has 2 aromatic heterocycles. The minimum absolute atomic E-state index is 0.238. The van der Waals surface area contributed by atoms with Crippen molar-refractivity contribution in [2.24, 2.45) is 0 Å². The zero-order chi connectivity index (χ0) is 18.1. The van der Waals surface area contributed by atoms with Gasteiger partial charge in [-0.15, -0.1) is 0 Å². The van der Waals surface area contributed by atoms with E-state index in [-0.39, 0.29) is 11.6 Å². The fourth-order valence-corrected chi connectivity index (χ4v) is 3.04. The molecule has 0 spiro atoms. The maximum atomic E-state index is 13.1. The highest BCUT2D eigenvalue weighted by Crippen LogP contribution is 2.23. The summed E-state index contributed by atoms with van der Waals surface area (Å²) in [5.74, 6) is 0.0223. The lowest BCUT2D eigenvalue weighted by Gasteiger charge is -2.22. The lowest BCUT2D eigenvalue weighted by molar-refractivity contribution is 0.0291. The van der Waals surface area contributed by atoms with Crippen LogP contribution in [0.15, 0.2) is 54.7 Å². The van der Waals surface area contributed by atoms with Gasteiger partial charge in [-0.2, -0.15) is 0 Å². The molecule has 1 aliphatic heterocycles. The third kappa shape index (κ3) is 2.93. The van der Waals surface area contributed by atoms with E-state index in [0.29, 0.717) is 17.9 Å². The van der Waals surface area contributed by atoms with Gasteiger partial charge in [-0.1, -0.05) is 36.4 Å². The van der Waals surface area contributed by atoms with Crippen molar-refractivity contribution in [3.8, 4) is 0 Å². The Labute approximate surface area is 150 Å². The van der Waals surface area contributed by atoms with Crippen LogP contribution >= 0.6 is 0 Å². The van der Waals surface area contributed by atoms with Gasteiger partial charge in [0.05, 0.1) is 12.7 Å². The van der Waals surface area contributed by atoms with E-state index in [1.165, 1.54) is 0 Å². The van der Waals surface area contributed by atoms with Gasteiger partial charge in [0.15, 0.2) is 5.82 Å². The number of imidazole rings is 1. The second-order valence-electron chi connectivity index (χ2n) is 6.18. The molecule has 1 aliphatic rings. The van der Waals surface area contributed by atoms with Crippen molar-refractivity contribution in [2.75, 3.05) is 5.32 Å². The summed E-state index contributed by atoms with van der Waals surface area (Å²) in [6, 6.07) is 13.8. The molecule has 26 heavy (non-hydrogen) atoms. The van der Waals surface area contributed by atoms with Crippen LogP contribution in [-0.4, -0.2) is 33.3 Å². The maximum absolute atomic E-state index is 13.1. The molecule has 3 heterocycles. The van der Waals surface area contributed by atoms with Crippen molar-refractivity contribution in [2.45, 2.75) is 25.7 Å². The summed E-state index contributed by atoms with van der Waals surface area (Å²) in [5.41, 5.74) is 1.95. The monoisotopic (exact) mass is 350 g/mol. The summed E-state index contributed by atoms with van der Waals surface area (Å²) in [6.07, 6.45) is 1.25. The third-order valence-corrected chi connectivity index (χ3v) is 4.39. The summed E-state index contributed by atoms with van der Waals surface area (Å²) in [6.45, 7) is 2.13. The predicted octanol–water partition coefficient (Wildman–Crippen LogP) is 2.63. The van der Waals surface area contributed by atoms with Crippen molar-refractivity contribution in [3.05, 3.63) is 66.0 Å². The number of hydrogen-bond acceptors (Lipinski definition) is 4. The van der Waals surface area contributed by atoms with E-state index in [4.69, 9.17) is 4.74 Å². The fraction of sp³-hybridized carbons (Fsp3) is 0.211. The molecule has 2 atom stereocenters. The first-order valence-corrected chi connectivity index (χ1v) is 8.38. The number of amides is 2. The summed E-state index contributed by atoms with van der Waals surface area (Å²) < 4.78 is 7.53. The first kappa shape index (κ1) is 16.3. The summed E-state index contributed by atoms with van der Waals surface area (Å²) in [5, 5.41) is 5.33. The van der Waals surface area contributed by atoms with Crippen molar-refractivity contribution < 1.29 is 14.3 Å². The van der Waals surface area contributed by atoms with Gasteiger partial charge < -0.3 is 10.1 Å². The van der Waals surface area contributed by atoms with Crippen molar-refractivity contribution >= 4 is 23.3 Å². The number of ether oxygens (including phenoxy) is 1. The molecule has 2 amide bonds. The van der Waals surface area contributed by atoms with Crippen LogP contribution in [0.3, 0.4) is 0 Å². The topological polar surface area (TPSA) is 84.7 Å². The quantitative estimate of drug-likeness (QED) is 0.757. The molecule has 7 nitrogen and oxygen atoms in total. The number of hydrogen-bond donors (Lipinski definition) is 2. The van der Waals surface area contributed by atoms with Crippen LogP contribution in [0.5, 0.6) is 0 Å². The van der Waals surface area contributed by atoms with Crippen LogP contribution < -0.4 is 10.6 Å². The Hall–Kier alpha value is -3.19. The average Bonchev–Trinajstić information content (AvgIpc) is 2.96. The molecule has 0 saturated heterocycles. The lowest BCUT2D eigenvalue weighted by atomic mass is 10.1. The van der Waals surface area contributed by atoms with E-state index >= 15 is 0 Å². The number of carbonyl (C=O) groups excluding carboxylic acids is 2. The molecule has 0 radical (unpaired) electrons. The second-order valence-corrected chi connectivity index (χ2v) is 6.18. The highest BCUT2D eigenvalue weighted by molar-refractivity contribution is 6.10. The number of fused-ring (bicyclic) bond motifs is 3. The van der Waals surface area contributed by atoms with E-state index in [2.05, 4.69) is 15.6 Å². The van der Waals surface area contributed by atoms with Gasteiger partial charge in [-0.05, 0) is 24.6 Å². The first-order valence-electron chi connectivity index (χ1n) is 8.38. The van der Waals surface area contributed by atoms with E-state index in [9.17, 15) is 9.59 Å². The van der Waals surface area contributed by atoms with Crippen molar-refractivity contribution in [1.82, 2.24) is 14.7 Å². The number of anilines is 1. The highest BCUT2D eigenvalue weighted by Gasteiger charge is 2.36. The predicted molar refractivity (Wildman–Crippen MR) is 96.2 cm³/mol. The maximum Gasteiger partial charge on any atom is 0.321 e. The summed E-state index contributed by atoms with van der Waals surface area (Å²) in [7, 11) is 0. The number of carbonyl (C=O) groups is 2. The van der Waals surface area contributed by atoms with E-state index in [1.807, 2.05) is 42.5 Å². The molecular formula is C19H18N4O3. The molecular weight excluding hydrogens is 332 g/mol. The molecule has 0 saturated carbocycles. The van der Waals surface area contributed by atoms with Crippen LogP contribution in [0.2, 0.25) is 0 Å². The Morgan fingerprint density at radius 1 is 1.15 bits per heavy atom. The number of pyridine rings is 1. The Morgan fingerprint density at radius 2 is 1.92 bits per heavy atom. The molecule has 0 aliphatic carbocycles. The zero-order valence-corrected chi connectivity index (χ0v) is 14.2. The van der Waals surface area contributed by atoms with Gasteiger partial charge in [0.25, 0.3) is 0 Å². The molecule has 0 unspecified atom stereocenters. The summed E-state index contributed by atoms with van der Waals surface area (Å²) in [4.78, 5) is 29.6. The van der Waals surface area contributed by atoms with E-state index in [0.717, 1.165) is 5.56 Å². The lowest BCUT2D eigenvalue weighted by Crippen LogP contribution is -2.48. The Kier molecular flexibility index (Phi) is 4.14. The van der Waals surface area contributed by atoms with Gasteiger partial charge in [0.1, 0.15) is 17.4 Å². The smallest absolute Gasteiger partial charge is 0.321 e. The number of rotatable bonds is 4. The normalized spacial score (nSPS) is 18.0. The number of nitrogens with zero attached hydrogens (tertiary/aromatic N) is 2. The Balaban J connectivity index is 1.62. The standard InChI is InChI=1S/C19H18N4O3/c1-12(26-11-13-7-3-2-4-8-13)15-17(24)16-18(22-19(25)21-15)20-14-9-5-6-10-23(14)16/h2-10,12,15H,11H2,1H3,(H2,21,22,25)/t12-,15-/m0/s1. The van der Waals surface area contributed by atoms with E-state index < -0.39 is 18.2 Å². The average molecular weight is 350 g/mol. The second kappa shape index (κ2) is 6.61. The molecule has 4 rings (SSSR count). The number of aromatic nitrogens is 2. The van der Waals surface area contributed by atoms with Crippen LogP contribution in [0.25, 0.3) is 5.65 Å². The first-order chi connectivity index (χ1) is 12.6. The van der Waals surface area contributed by atoms with Gasteiger partial charge in [0.2, 0.25) is 5.78 Å². The van der Waals surface area contributed by atoms with Gasteiger partial charge in [0, 0.05) is 6.20 Å². The number of Topliss-reactive ketones (excluding diaryl/α,β-unsaturated/α-hetero) is 1. The van der Waals surface area contributed by atoms with Crippen LogP contribution in [0.1, 0.15) is 23.0 Å². The van der Waals surface area contributed by atoms with Gasteiger partial charge >= 0.3 is 6.03 Å². The molecule has 2 N–H and O–H groups in total. The largest absolute Gasteiger partial charge is 0.371 e.